The number of phenolic OH excluding ortho intramolecular Hbond substituents is 1. The van der Waals surface area contributed by atoms with Crippen molar-refractivity contribution in [1.29, 1.82) is 0 Å². The first kappa shape index (κ1) is 16.7. The van der Waals surface area contributed by atoms with E-state index in [0.717, 1.165) is 0 Å². The zero-order valence-corrected chi connectivity index (χ0v) is 12.1. The fourth-order valence-electron chi connectivity index (χ4n) is 1.99. The van der Waals surface area contributed by atoms with Gasteiger partial charge in [0.15, 0.2) is 5.78 Å². The number of aliphatic carboxylic acids is 1. The van der Waals surface area contributed by atoms with Crippen LogP contribution in [0.2, 0.25) is 0 Å². The van der Waals surface area contributed by atoms with E-state index in [1.807, 2.05) is 0 Å². The summed E-state index contributed by atoms with van der Waals surface area (Å²) in [6, 6.07) is 3.14. The van der Waals surface area contributed by atoms with Crippen LogP contribution in [0.25, 0.3) is 0 Å². The number of Topliss-reactive ketones (excluding diaryl/α,β-unsaturated/α-hetero) is 1. The summed E-state index contributed by atoms with van der Waals surface area (Å²) in [5.41, 5.74) is 0.863. The number of nitrogens with one attached hydrogen (secondary N) is 1. The van der Waals surface area contributed by atoms with Crippen LogP contribution in [-0.4, -0.2) is 27.9 Å². The van der Waals surface area contributed by atoms with Crippen LogP contribution < -0.4 is 5.32 Å². The molecule has 21 heavy (non-hydrogen) atoms. The quantitative estimate of drug-likeness (QED) is 0.529. The third-order valence-corrected chi connectivity index (χ3v) is 3.02. The highest BCUT2D eigenvalue weighted by Gasteiger charge is 2.17. The number of hydrogen-bond donors (Lipinski definition) is 3. The van der Waals surface area contributed by atoms with Crippen LogP contribution in [0.5, 0.6) is 5.75 Å². The van der Waals surface area contributed by atoms with E-state index in [-0.39, 0.29) is 35.6 Å². The second-order valence-corrected chi connectivity index (χ2v) is 4.70. The van der Waals surface area contributed by atoms with Crippen molar-refractivity contribution in [3.05, 3.63) is 23.3 Å². The van der Waals surface area contributed by atoms with Crippen LogP contribution in [0.4, 0.5) is 5.69 Å². The Kier molecular flexibility index (Phi) is 5.90. The predicted molar refractivity (Wildman–Crippen MR) is 77.6 cm³/mol. The zero-order valence-electron chi connectivity index (χ0n) is 12.1. The fraction of sp³-hybridized carbons (Fsp3) is 0.400. The molecule has 0 atom stereocenters. The van der Waals surface area contributed by atoms with Crippen LogP contribution in [-0.2, 0) is 16.0 Å². The van der Waals surface area contributed by atoms with Crippen LogP contribution in [0.15, 0.2) is 12.1 Å². The normalized spacial score (nSPS) is 10.2. The molecule has 6 nitrogen and oxygen atoms in total. The van der Waals surface area contributed by atoms with Gasteiger partial charge in [-0.05, 0) is 24.5 Å². The SMILES string of the molecule is CCC(=O)c1ccc(CCCC(=O)O)c(O)c1NC(C)=O. The second-order valence-electron chi connectivity index (χ2n) is 4.70. The van der Waals surface area contributed by atoms with E-state index in [1.54, 1.807) is 19.1 Å². The first-order valence-corrected chi connectivity index (χ1v) is 6.74. The van der Waals surface area contributed by atoms with Crippen molar-refractivity contribution in [2.75, 3.05) is 5.32 Å². The largest absolute Gasteiger partial charge is 0.505 e. The number of carbonyl (C=O) groups excluding carboxylic acids is 2. The van der Waals surface area contributed by atoms with Crippen molar-refractivity contribution >= 4 is 23.3 Å². The number of carboxylic acid groups (broad SMARTS) is 1. The molecule has 3 N–H and O–H groups in total. The van der Waals surface area contributed by atoms with Crippen LogP contribution in [0.1, 0.15) is 49.0 Å². The van der Waals surface area contributed by atoms with Gasteiger partial charge in [0.25, 0.3) is 0 Å². The Balaban J connectivity index is 3.10. The first-order valence-electron chi connectivity index (χ1n) is 6.74. The molecule has 0 saturated carbocycles. The molecule has 0 spiro atoms. The smallest absolute Gasteiger partial charge is 0.303 e. The summed E-state index contributed by atoms with van der Waals surface area (Å²) in [6.07, 6.45) is 0.962. The number of ketones is 1. The minimum Gasteiger partial charge on any atom is -0.505 e. The van der Waals surface area contributed by atoms with E-state index in [0.29, 0.717) is 18.4 Å². The lowest BCUT2D eigenvalue weighted by atomic mass is 9.99. The summed E-state index contributed by atoms with van der Waals surface area (Å²) in [5, 5.41) is 21.3. The number of rotatable bonds is 7. The molecule has 1 aromatic carbocycles. The molecule has 0 fully saturated rings. The predicted octanol–water partition coefficient (Wildman–Crippen LogP) is 2.35. The standard InChI is InChI=1S/C15H19NO5/c1-3-12(18)11-8-7-10(5-4-6-13(19)20)15(21)14(11)16-9(2)17/h7-8,21H,3-6H2,1-2H3,(H,16,17)(H,19,20). The highest BCUT2D eigenvalue weighted by molar-refractivity contribution is 6.06. The van der Waals surface area contributed by atoms with Gasteiger partial charge < -0.3 is 15.5 Å². The van der Waals surface area contributed by atoms with Gasteiger partial charge in [-0.3, -0.25) is 14.4 Å². The maximum atomic E-state index is 11.8. The number of hydrogen-bond acceptors (Lipinski definition) is 4. The molecule has 6 heteroatoms. The Labute approximate surface area is 122 Å². The molecule has 1 amide bonds. The van der Waals surface area contributed by atoms with Crippen molar-refractivity contribution in [3.63, 3.8) is 0 Å². The number of aromatic hydroxyl groups is 1. The fourth-order valence-corrected chi connectivity index (χ4v) is 1.99. The molecular weight excluding hydrogens is 274 g/mol. The van der Waals surface area contributed by atoms with Gasteiger partial charge >= 0.3 is 5.97 Å². The van der Waals surface area contributed by atoms with Gasteiger partial charge in [0, 0.05) is 25.3 Å². The maximum absolute atomic E-state index is 11.8. The molecule has 0 saturated heterocycles. The monoisotopic (exact) mass is 293 g/mol. The number of anilines is 1. The number of carbonyl (C=O) groups is 3. The molecule has 0 unspecified atom stereocenters. The van der Waals surface area contributed by atoms with E-state index in [1.165, 1.54) is 6.92 Å². The molecule has 0 aliphatic carbocycles. The molecule has 0 aromatic heterocycles. The Morgan fingerprint density at radius 3 is 2.43 bits per heavy atom. The van der Waals surface area contributed by atoms with E-state index >= 15 is 0 Å². The number of aryl methyl sites for hydroxylation is 1. The van der Waals surface area contributed by atoms with Gasteiger partial charge in [0.1, 0.15) is 5.75 Å². The summed E-state index contributed by atoms with van der Waals surface area (Å²) in [6.45, 7) is 2.98. The Hall–Kier alpha value is -2.37. The van der Waals surface area contributed by atoms with Crippen molar-refractivity contribution in [3.8, 4) is 5.75 Å². The topological polar surface area (TPSA) is 104 Å². The lowest BCUT2D eigenvalue weighted by molar-refractivity contribution is -0.137. The summed E-state index contributed by atoms with van der Waals surface area (Å²) < 4.78 is 0. The molecule has 0 aliphatic rings. The summed E-state index contributed by atoms with van der Waals surface area (Å²) in [4.78, 5) is 33.6. The van der Waals surface area contributed by atoms with E-state index in [2.05, 4.69) is 5.32 Å². The van der Waals surface area contributed by atoms with E-state index in [9.17, 15) is 19.5 Å². The third-order valence-electron chi connectivity index (χ3n) is 3.02. The van der Waals surface area contributed by atoms with Gasteiger partial charge in [0.2, 0.25) is 5.91 Å². The van der Waals surface area contributed by atoms with Crippen LogP contribution in [0.3, 0.4) is 0 Å². The van der Waals surface area contributed by atoms with Crippen LogP contribution >= 0.6 is 0 Å². The molecule has 0 bridgehead atoms. The first-order chi connectivity index (χ1) is 9.86. The van der Waals surface area contributed by atoms with Gasteiger partial charge in [-0.25, -0.2) is 0 Å². The molecule has 1 rings (SSSR count). The minimum atomic E-state index is -0.908. The highest BCUT2D eigenvalue weighted by Crippen LogP contribution is 2.33. The van der Waals surface area contributed by atoms with Crippen molar-refractivity contribution in [2.24, 2.45) is 0 Å². The lowest BCUT2D eigenvalue weighted by Crippen LogP contribution is -2.12. The van der Waals surface area contributed by atoms with Crippen molar-refractivity contribution < 1.29 is 24.6 Å². The Bertz CT molecular complexity index is 565. The molecule has 114 valence electrons. The third kappa shape index (κ3) is 4.59. The van der Waals surface area contributed by atoms with Gasteiger partial charge in [-0.1, -0.05) is 13.0 Å². The number of benzene rings is 1. The molecule has 0 aliphatic heterocycles. The highest BCUT2D eigenvalue weighted by atomic mass is 16.4. The molecule has 1 aromatic rings. The minimum absolute atomic E-state index is 0.00937. The Morgan fingerprint density at radius 1 is 1.24 bits per heavy atom. The van der Waals surface area contributed by atoms with Crippen molar-refractivity contribution in [2.45, 2.75) is 39.5 Å². The van der Waals surface area contributed by atoms with Crippen molar-refractivity contribution in [1.82, 2.24) is 0 Å². The molecule has 0 heterocycles. The maximum Gasteiger partial charge on any atom is 0.303 e. The van der Waals surface area contributed by atoms with E-state index < -0.39 is 11.9 Å². The van der Waals surface area contributed by atoms with Gasteiger partial charge in [-0.2, -0.15) is 0 Å². The number of carboxylic acids is 1. The van der Waals surface area contributed by atoms with Crippen LogP contribution in [0, 0.1) is 0 Å². The van der Waals surface area contributed by atoms with E-state index in [4.69, 9.17) is 5.11 Å². The summed E-state index contributed by atoms with van der Waals surface area (Å²) in [7, 11) is 0. The second kappa shape index (κ2) is 7.42. The van der Waals surface area contributed by atoms with Gasteiger partial charge in [0.05, 0.1) is 5.69 Å². The molecular formula is C15H19NO5. The lowest BCUT2D eigenvalue weighted by Gasteiger charge is -2.14. The Morgan fingerprint density at radius 2 is 1.90 bits per heavy atom. The number of phenols is 1. The average Bonchev–Trinajstić information content (AvgIpc) is 2.41. The van der Waals surface area contributed by atoms with Gasteiger partial charge in [-0.15, -0.1) is 0 Å². The summed E-state index contributed by atoms with van der Waals surface area (Å²) in [5.74, 6) is -1.66. The average molecular weight is 293 g/mol. The zero-order chi connectivity index (χ0) is 16.0. The molecule has 0 radical (unpaired) electrons. The number of amides is 1. The summed E-state index contributed by atoms with van der Waals surface area (Å²) >= 11 is 0.